The van der Waals surface area contributed by atoms with Crippen molar-refractivity contribution in [1.82, 2.24) is 4.31 Å². The van der Waals surface area contributed by atoms with Crippen molar-refractivity contribution in [2.24, 2.45) is 5.10 Å². The van der Waals surface area contributed by atoms with Gasteiger partial charge in [0.05, 0.1) is 47.5 Å². The predicted octanol–water partition coefficient (Wildman–Crippen LogP) is 4.72. The average Bonchev–Trinajstić information content (AvgIpc) is 3.25. The van der Waals surface area contributed by atoms with Crippen LogP contribution in [0.3, 0.4) is 0 Å². The first-order chi connectivity index (χ1) is 19.2. The molecule has 0 aromatic heterocycles. The zero-order valence-electron chi connectivity index (χ0n) is 23.3. The van der Waals surface area contributed by atoms with E-state index in [9.17, 15) is 13.2 Å². The van der Waals surface area contributed by atoms with E-state index in [1.54, 1.807) is 59.4 Å². The second-order valence-corrected chi connectivity index (χ2v) is 10.5. The summed E-state index contributed by atoms with van der Waals surface area (Å²) in [5.41, 5.74) is 8.36. The molecule has 10 nitrogen and oxygen atoms in total. The highest BCUT2D eigenvalue weighted by atomic mass is 32.2. The van der Waals surface area contributed by atoms with Gasteiger partial charge in [-0.15, -0.1) is 0 Å². The van der Waals surface area contributed by atoms with Gasteiger partial charge in [0.1, 0.15) is 11.5 Å². The number of hydrogen-bond acceptors (Lipinski definition) is 8. The topological polar surface area (TPSA) is 127 Å². The Bertz CT molecular complexity index is 1480. The van der Waals surface area contributed by atoms with E-state index in [-0.39, 0.29) is 10.8 Å². The standard InChI is InChI=1S/C22H26N4O4S.C7H9NO/c1-5-25(6-2)31(28,29)18-13-11-17(12-14-18)26-22(27)19(16(3)24-26)15-23-20-9-7-8-10-21(20)30-4;1-9-7-5-3-2-4-6(7)8/h7-15,23H,5-6H2,1-4H3;2-5H,8H2,1H3/b19-15+;. The average molecular weight is 566 g/mol. The van der Waals surface area contributed by atoms with Crippen molar-refractivity contribution in [3.05, 3.63) is 84.6 Å². The summed E-state index contributed by atoms with van der Waals surface area (Å²) in [6.45, 7) is 6.11. The zero-order valence-corrected chi connectivity index (χ0v) is 24.1. The molecule has 1 amide bonds. The molecule has 3 aromatic rings. The molecule has 0 atom stereocenters. The van der Waals surface area contributed by atoms with Crippen molar-refractivity contribution in [2.45, 2.75) is 25.7 Å². The molecular weight excluding hydrogens is 530 g/mol. The summed E-state index contributed by atoms with van der Waals surface area (Å²) >= 11 is 0. The minimum absolute atomic E-state index is 0.181. The third-order valence-electron chi connectivity index (χ3n) is 6.10. The molecule has 4 rings (SSSR count). The largest absolute Gasteiger partial charge is 0.495 e. The number of amides is 1. The number of rotatable bonds is 9. The third-order valence-corrected chi connectivity index (χ3v) is 8.17. The van der Waals surface area contributed by atoms with Crippen molar-refractivity contribution in [3.8, 4) is 11.5 Å². The molecule has 0 saturated heterocycles. The Kier molecular flexibility index (Phi) is 10.3. The Morgan fingerprint density at radius 2 is 1.50 bits per heavy atom. The summed E-state index contributed by atoms with van der Waals surface area (Å²) in [4.78, 5) is 13.1. The van der Waals surface area contributed by atoms with Gasteiger partial charge in [-0.1, -0.05) is 38.1 Å². The van der Waals surface area contributed by atoms with Crippen LogP contribution in [0.4, 0.5) is 17.1 Å². The lowest BCUT2D eigenvalue weighted by molar-refractivity contribution is -0.114. The molecule has 0 fully saturated rings. The van der Waals surface area contributed by atoms with E-state index in [2.05, 4.69) is 10.4 Å². The number of carbonyl (C=O) groups is 1. The molecule has 40 heavy (non-hydrogen) atoms. The van der Waals surface area contributed by atoms with Gasteiger partial charge >= 0.3 is 0 Å². The SMILES string of the molecule is CCN(CC)S(=O)(=O)c1ccc(N2N=C(C)/C(=C\Nc3ccccc3OC)C2=O)cc1.COc1ccccc1N. The lowest BCUT2D eigenvalue weighted by atomic mass is 10.2. The minimum Gasteiger partial charge on any atom is -0.495 e. The molecule has 1 aliphatic heterocycles. The highest BCUT2D eigenvalue weighted by Gasteiger charge is 2.29. The minimum atomic E-state index is -3.56. The predicted molar refractivity (Wildman–Crippen MR) is 159 cm³/mol. The lowest BCUT2D eigenvalue weighted by Crippen LogP contribution is -2.30. The van der Waals surface area contributed by atoms with Crippen LogP contribution >= 0.6 is 0 Å². The first kappa shape index (κ1) is 30.2. The number of benzene rings is 3. The van der Waals surface area contributed by atoms with Crippen molar-refractivity contribution in [2.75, 3.05) is 43.4 Å². The van der Waals surface area contributed by atoms with Gasteiger partial charge in [-0.2, -0.15) is 14.4 Å². The molecule has 0 bridgehead atoms. The molecule has 0 aliphatic carbocycles. The van der Waals surface area contributed by atoms with Crippen molar-refractivity contribution in [3.63, 3.8) is 0 Å². The number of para-hydroxylation sites is 4. The summed E-state index contributed by atoms with van der Waals surface area (Å²) in [5, 5.41) is 8.69. The fourth-order valence-electron chi connectivity index (χ4n) is 3.91. The van der Waals surface area contributed by atoms with Crippen LogP contribution < -0.4 is 25.5 Å². The number of ether oxygens (including phenoxy) is 2. The number of sulfonamides is 1. The molecule has 0 spiro atoms. The van der Waals surface area contributed by atoms with Crippen molar-refractivity contribution < 1.29 is 22.7 Å². The molecule has 3 N–H and O–H groups in total. The number of methoxy groups -OCH3 is 2. The van der Waals surface area contributed by atoms with Crippen LogP contribution in [0.25, 0.3) is 0 Å². The van der Waals surface area contributed by atoms with Gasteiger partial charge in [0.25, 0.3) is 5.91 Å². The molecule has 0 unspecified atom stereocenters. The van der Waals surface area contributed by atoms with Crippen LogP contribution in [0.5, 0.6) is 11.5 Å². The first-order valence-corrected chi connectivity index (χ1v) is 14.1. The van der Waals surface area contributed by atoms with Crippen LogP contribution in [-0.2, 0) is 14.8 Å². The van der Waals surface area contributed by atoms with E-state index in [4.69, 9.17) is 15.2 Å². The Hall–Kier alpha value is -4.35. The highest BCUT2D eigenvalue weighted by Crippen LogP contribution is 2.27. The van der Waals surface area contributed by atoms with Crippen molar-refractivity contribution in [1.29, 1.82) is 0 Å². The van der Waals surface area contributed by atoms with Crippen LogP contribution in [0.1, 0.15) is 20.8 Å². The van der Waals surface area contributed by atoms with Gasteiger partial charge < -0.3 is 20.5 Å². The number of carbonyl (C=O) groups excluding carboxylic acids is 1. The van der Waals surface area contributed by atoms with Crippen LogP contribution in [-0.4, -0.2) is 51.7 Å². The van der Waals surface area contributed by atoms with Gasteiger partial charge in [0, 0.05) is 19.3 Å². The van der Waals surface area contributed by atoms with Gasteiger partial charge in [0.2, 0.25) is 10.0 Å². The molecule has 3 aromatic carbocycles. The summed E-state index contributed by atoms with van der Waals surface area (Å²) in [5.74, 6) is 1.08. The van der Waals surface area contributed by atoms with Crippen LogP contribution in [0, 0.1) is 0 Å². The smallest absolute Gasteiger partial charge is 0.282 e. The van der Waals surface area contributed by atoms with E-state index in [0.717, 1.165) is 11.4 Å². The number of hydrazone groups is 1. The fraction of sp³-hybridized carbons (Fsp3) is 0.241. The van der Waals surface area contributed by atoms with Gasteiger partial charge in [0.15, 0.2) is 0 Å². The fourth-order valence-corrected chi connectivity index (χ4v) is 5.37. The molecule has 1 heterocycles. The van der Waals surface area contributed by atoms with E-state index in [1.165, 1.54) is 21.4 Å². The molecule has 0 radical (unpaired) electrons. The lowest BCUT2D eigenvalue weighted by Gasteiger charge is -2.19. The highest BCUT2D eigenvalue weighted by molar-refractivity contribution is 7.89. The Morgan fingerprint density at radius 1 is 0.925 bits per heavy atom. The quantitative estimate of drug-likeness (QED) is 0.284. The van der Waals surface area contributed by atoms with Gasteiger partial charge in [-0.25, -0.2) is 8.42 Å². The summed E-state index contributed by atoms with van der Waals surface area (Å²) < 4.78 is 36.9. The molecule has 1 aliphatic rings. The number of nitrogens with zero attached hydrogens (tertiary/aromatic N) is 3. The molecular formula is C29H35N5O5S. The monoisotopic (exact) mass is 565 g/mol. The van der Waals surface area contributed by atoms with E-state index >= 15 is 0 Å². The summed E-state index contributed by atoms with van der Waals surface area (Å²) in [6.07, 6.45) is 1.60. The van der Waals surface area contributed by atoms with Crippen LogP contribution in [0.2, 0.25) is 0 Å². The number of nitrogens with two attached hydrogens (primary N) is 1. The Morgan fingerprint density at radius 3 is 2.05 bits per heavy atom. The maximum atomic E-state index is 12.9. The molecule has 212 valence electrons. The van der Waals surface area contributed by atoms with E-state index < -0.39 is 10.0 Å². The van der Waals surface area contributed by atoms with Crippen molar-refractivity contribution >= 4 is 38.7 Å². The first-order valence-electron chi connectivity index (χ1n) is 12.7. The maximum absolute atomic E-state index is 12.9. The van der Waals surface area contributed by atoms with Gasteiger partial charge in [-0.05, 0) is 55.5 Å². The second-order valence-electron chi connectivity index (χ2n) is 8.53. The van der Waals surface area contributed by atoms with Gasteiger partial charge in [-0.3, -0.25) is 4.79 Å². The normalized spacial score (nSPS) is 14.1. The summed E-state index contributed by atoms with van der Waals surface area (Å²) in [7, 11) is -0.382. The second kappa shape index (κ2) is 13.6. The molecule has 11 heteroatoms. The number of anilines is 3. The maximum Gasteiger partial charge on any atom is 0.282 e. The van der Waals surface area contributed by atoms with E-state index in [0.29, 0.717) is 41.5 Å². The zero-order chi connectivity index (χ0) is 29.3. The Labute approximate surface area is 235 Å². The van der Waals surface area contributed by atoms with E-state index in [1.807, 2.05) is 42.5 Å². The number of hydrogen-bond donors (Lipinski definition) is 2. The molecule has 0 saturated carbocycles. The number of nitrogen functional groups attached to an aromatic ring is 1. The van der Waals surface area contributed by atoms with Crippen LogP contribution in [0.15, 0.2) is 94.6 Å². The summed E-state index contributed by atoms with van der Waals surface area (Å²) in [6, 6.07) is 20.9. The number of nitrogens with one attached hydrogen (secondary N) is 1. The Balaban J connectivity index is 0.000000415. The third kappa shape index (κ3) is 6.80.